The lowest BCUT2D eigenvalue weighted by Crippen LogP contribution is -2.55. The van der Waals surface area contributed by atoms with Crippen molar-refractivity contribution in [1.29, 1.82) is 0 Å². The van der Waals surface area contributed by atoms with Crippen LogP contribution in [0, 0.1) is 5.41 Å². The number of hydrogen-bond donors (Lipinski definition) is 1. The summed E-state index contributed by atoms with van der Waals surface area (Å²) < 4.78 is 0. The van der Waals surface area contributed by atoms with Crippen LogP contribution in [0.1, 0.15) is 48.0 Å². The first kappa shape index (κ1) is 16.4. The first-order chi connectivity index (χ1) is 8.51. The van der Waals surface area contributed by atoms with Crippen molar-refractivity contribution in [2.24, 2.45) is 11.1 Å². The molecule has 1 aliphatic rings. The summed E-state index contributed by atoms with van der Waals surface area (Å²) in [5.74, 6) is 0.205. The molecule has 1 rings (SSSR count). The molecule has 0 aromatic carbocycles. The second-order valence-electron chi connectivity index (χ2n) is 7.72. The first-order valence-corrected chi connectivity index (χ1v) is 7.30. The predicted molar refractivity (Wildman–Crippen MR) is 80.0 cm³/mol. The third-order valence-corrected chi connectivity index (χ3v) is 4.09. The number of nitrogens with two attached hydrogens (primary N) is 1. The molecule has 2 N–H and O–H groups in total. The van der Waals surface area contributed by atoms with Gasteiger partial charge in [0, 0.05) is 44.2 Å². The Kier molecular flexibility index (Phi) is 5.02. The minimum Gasteiger partial charge on any atom is -0.340 e. The number of hydrogen-bond acceptors (Lipinski definition) is 3. The molecule has 4 nitrogen and oxygen atoms in total. The molecule has 0 aliphatic carbocycles. The maximum atomic E-state index is 12.2. The quantitative estimate of drug-likeness (QED) is 0.830. The molecular weight excluding hydrogens is 238 g/mol. The van der Waals surface area contributed by atoms with Crippen molar-refractivity contribution in [2.45, 2.75) is 59.5 Å². The molecule has 1 atom stereocenters. The van der Waals surface area contributed by atoms with Crippen molar-refractivity contribution < 1.29 is 4.79 Å². The summed E-state index contributed by atoms with van der Waals surface area (Å²) in [6.45, 7) is 16.5. The standard InChI is InChI=1S/C15H31N3O/c1-14(2,3)12(16)11-13(19)17-7-9-18(10-8-17)15(4,5)6/h12H,7-11,16H2,1-6H3. The topological polar surface area (TPSA) is 49.6 Å². The van der Waals surface area contributed by atoms with Gasteiger partial charge in [-0.1, -0.05) is 20.8 Å². The largest absolute Gasteiger partial charge is 0.340 e. The van der Waals surface area contributed by atoms with E-state index in [0.29, 0.717) is 6.42 Å². The zero-order chi connectivity index (χ0) is 14.8. The Hall–Kier alpha value is -0.610. The van der Waals surface area contributed by atoms with Gasteiger partial charge in [-0.3, -0.25) is 9.69 Å². The molecule has 0 aromatic rings. The maximum absolute atomic E-state index is 12.2. The lowest BCUT2D eigenvalue weighted by atomic mass is 9.85. The maximum Gasteiger partial charge on any atom is 0.224 e. The second kappa shape index (κ2) is 5.80. The Morgan fingerprint density at radius 2 is 1.53 bits per heavy atom. The monoisotopic (exact) mass is 269 g/mol. The molecule has 1 fully saturated rings. The van der Waals surface area contributed by atoms with Gasteiger partial charge in [0.05, 0.1) is 0 Å². The highest BCUT2D eigenvalue weighted by Gasteiger charge is 2.30. The number of amides is 1. The molecule has 0 aromatic heterocycles. The van der Waals surface area contributed by atoms with E-state index >= 15 is 0 Å². The number of carbonyl (C=O) groups is 1. The third-order valence-electron chi connectivity index (χ3n) is 4.09. The molecule has 0 spiro atoms. The van der Waals surface area contributed by atoms with E-state index in [1.165, 1.54) is 0 Å². The Bertz CT molecular complexity index is 306. The fraction of sp³-hybridized carbons (Fsp3) is 0.933. The Labute approximate surface area is 118 Å². The molecule has 0 bridgehead atoms. The normalized spacial score (nSPS) is 20.5. The lowest BCUT2D eigenvalue weighted by Gasteiger charge is -2.42. The fourth-order valence-electron chi connectivity index (χ4n) is 2.25. The van der Waals surface area contributed by atoms with Crippen LogP contribution in [0.25, 0.3) is 0 Å². The van der Waals surface area contributed by atoms with Crippen LogP contribution in [0.3, 0.4) is 0 Å². The Morgan fingerprint density at radius 3 is 1.89 bits per heavy atom. The number of rotatable bonds is 2. The summed E-state index contributed by atoms with van der Waals surface area (Å²) in [6.07, 6.45) is 0.457. The van der Waals surface area contributed by atoms with Gasteiger partial charge in [-0.25, -0.2) is 0 Å². The van der Waals surface area contributed by atoms with E-state index in [1.54, 1.807) is 0 Å². The third kappa shape index (κ3) is 4.77. The molecular formula is C15H31N3O. The Morgan fingerprint density at radius 1 is 1.05 bits per heavy atom. The van der Waals surface area contributed by atoms with Crippen LogP contribution in [0.5, 0.6) is 0 Å². The van der Waals surface area contributed by atoms with Crippen LogP contribution in [-0.4, -0.2) is 53.5 Å². The molecule has 112 valence electrons. The fourth-order valence-corrected chi connectivity index (χ4v) is 2.25. The predicted octanol–water partition coefficient (Wildman–Crippen LogP) is 1.69. The van der Waals surface area contributed by atoms with E-state index in [0.717, 1.165) is 26.2 Å². The van der Waals surface area contributed by atoms with Gasteiger partial charge in [0.1, 0.15) is 0 Å². The molecule has 0 radical (unpaired) electrons. The molecule has 4 heteroatoms. The average molecular weight is 269 g/mol. The highest BCUT2D eigenvalue weighted by molar-refractivity contribution is 5.77. The van der Waals surface area contributed by atoms with Crippen LogP contribution in [0.4, 0.5) is 0 Å². The van der Waals surface area contributed by atoms with Crippen molar-refractivity contribution >= 4 is 5.91 Å². The van der Waals surface area contributed by atoms with E-state index in [9.17, 15) is 4.79 Å². The van der Waals surface area contributed by atoms with Gasteiger partial charge in [0.2, 0.25) is 5.91 Å². The zero-order valence-corrected chi connectivity index (χ0v) is 13.5. The van der Waals surface area contributed by atoms with Crippen LogP contribution in [0.2, 0.25) is 0 Å². The average Bonchev–Trinajstić information content (AvgIpc) is 2.26. The van der Waals surface area contributed by atoms with Gasteiger partial charge in [-0.2, -0.15) is 0 Å². The van der Waals surface area contributed by atoms with Gasteiger partial charge in [0.25, 0.3) is 0 Å². The summed E-state index contributed by atoms with van der Waals surface area (Å²) in [6, 6.07) is -0.0688. The number of carbonyl (C=O) groups excluding carboxylic acids is 1. The van der Waals surface area contributed by atoms with Crippen molar-refractivity contribution in [3.8, 4) is 0 Å². The summed E-state index contributed by atoms with van der Waals surface area (Å²) in [5, 5.41) is 0. The molecule has 1 amide bonds. The molecule has 0 saturated carbocycles. The Balaban J connectivity index is 2.46. The van der Waals surface area contributed by atoms with Crippen LogP contribution in [0.15, 0.2) is 0 Å². The zero-order valence-electron chi connectivity index (χ0n) is 13.5. The smallest absolute Gasteiger partial charge is 0.224 e. The van der Waals surface area contributed by atoms with Gasteiger partial charge in [0.15, 0.2) is 0 Å². The first-order valence-electron chi connectivity index (χ1n) is 7.30. The van der Waals surface area contributed by atoms with Crippen molar-refractivity contribution in [1.82, 2.24) is 9.80 Å². The molecule has 19 heavy (non-hydrogen) atoms. The van der Waals surface area contributed by atoms with Crippen molar-refractivity contribution in [3.05, 3.63) is 0 Å². The summed E-state index contributed by atoms with van der Waals surface area (Å²) >= 11 is 0. The van der Waals surface area contributed by atoms with Gasteiger partial charge in [-0.15, -0.1) is 0 Å². The van der Waals surface area contributed by atoms with Crippen LogP contribution < -0.4 is 5.73 Å². The highest BCUT2D eigenvalue weighted by Crippen LogP contribution is 2.21. The van der Waals surface area contributed by atoms with E-state index < -0.39 is 0 Å². The summed E-state index contributed by atoms with van der Waals surface area (Å²) in [7, 11) is 0. The van der Waals surface area contributed by atoms with E-state index in [-0.39, 0.29) is 22.9 Å². The highest BCUT2D eigenvalue weighted by atomic mass is 16.2. The van der Waals surface area contributed by atoms with Gasteiger partial charge >= 0.3 is 0 Å². The minimum absolute atomic E-state index is 0.0110. The summed E-state index contributed by atoms with van der Waals surface area (Å²) in [5.41, 5.74) is 6.28. The molecule has 1 aliphatic heterocycles. The molecule has 1 unspecified atom stereocenters. The lowest BCUT2D eigenvalue weighted by molar-refractivity contribution is -0.134. The van der Waals surface area contributed by atoms with E-state index in [2.05, 4.69) is 46.4 Å². The van der Waals surface area contributed by atoms with E-state index in [1.807, 2.05) is 4.90 Å². The van der Waals surface area contributed by atoms with Crippen LogP contribution in [-0.2, 0) is 4.79 Å². The van der Waals surface area contributed by atoms with Crippen LogP contribution >= 0.6 is 0 Å². The van der Waals surface area contributed by atoms with Crippen molar-refractivity contribution in [2.75, 3.05) is 26.2 Å². The van der Waals surface area contributed by atoms with Crippen molar-refractivity contribution in [3.63, 3.8) is 0 Å². The number of nitrogens with zero attached hydrogens (tertiary/aromatic N) is 2. The summed E-state index contributed by atoms with van der Waals surface area (Å²) in [4.78, 5) is 16.6. The van der Waals surface area contributed by atoms with Gasteiger partial charge < -0.3 is 10.6 Å². The SMILES string of the molecule is CC(C)(C)C(N)CC(=O)N1CCN(C(C)(C)C)CC1. The molecule has 1 heterocycles. The molecule has 1 saturated heterocycles. The minimum atomic E-state index is -0.0688. The second-order valence-corrected chi connectivity index (χ2v) is 7.72. The van der Waals surface area contributed by atoms with Gasteiger partial charge in [-0.05, 0) is 26.2 Å². The van der Waals surface area contributed by atoms with E-state index in [4.69, 9.17) is 5.73 Å². The number of piperazine rings is 1.